The molecule has 38 heavy (non-hydrogen) atoms. The molecule has 3 aromatic rings. The second-order valence-electron chi connectivity index (χ2n) is 11.0. The zero-order chi connectivity index (χ0) is 27.1. The van der Waals surface area contributed by atoms with Crippen LogP contribution in [0.25, 0.3) is 11.1 Å². The van der Waals surface area contributed by atoms with Crippen molar-refractivity contribution < 1.29 is 23.4 Å². The molecular formula is C29H33FN4O4. The van der Waals surface area contributed by atoms with E-state index in [2.05, 4.69) is 15.3 Å². The molecule has 0 bridgehead atoms. The number of hydrogen-bond donors (Lipinski definition) is 1. The monoisotopic (exact) mass is 520 g/mol. The summed E-state index contributed by atoms with van der Waals surface area (Å²) in [6, 6.07) is 11.8. The highest BCUT2D eigenvalue weighted by Crippen LogP contribution is 2.53. The molecule has 2 atom stereocenters. The zero-order valence-corrected chi connectivity index (χ0v) is 22.3. The fourth-order valence-corrected chi connectivity index (χ4v) is 5.17. The number of aromatic nitrogens is 2. The maximum absolute atomic E-state index is 14.5. The smallest absolute Gasteiger partial charge is 0.410 e. The maximum atomic E-state index is 14.5. The third-order valence-corrected chi connectivity index (χ3v) is 7.13. The summed E-state index contributed by atoms with van der Waals surface area (Å²) in [4.78, 5) is 23.5. The van der Waals surface area contributed by atoms with Crippen LogP contribution < -0.4 is 10.1 Å². The van der Waals surface area contributed by atoms with Crippen molar-refractivity contribution >= 4 is 6.09 Å². The summed E-state index contributed by atoms with van der Waals surface area (Å²) in [5, 5.41) is 3.32. The van der Waals surface area contributed by atoms with Crippen LogP contribution in [0.15, 0.2) is 55.0 Å². The van der Waals surface area contributed by atoms with Gasteiger partial charge in [0.2, 0.25) is 0 Å². The van der Waals surface area contributed by atoms with Gasteiger partial charge in [0.1, 0.15) is 29.2 Å². The van der Waals surface area contributed by atoms with Gasteiger partial charge in [0.15, 0.2) is 5.75 Å². The lowest BCUT2D eigenvalue weighted by Crippen LogP contribution is -2.73. The average molecular weight is 521 g/mol. The van der Waals surface area contributed by atoms with Gasteiger partial charge >= 0.3 is 6.09 Å². The van der Waals surface area contributed by atoms with Gasteiger partial charge in [-0.25, -0.2) is 19.2 Å². The van der Waals surface area contributed by atoms with Crippen LogP contribution in [0.2, 0.25) is 0 Å². The second kappa shape index (κ2) is 9.96. The Kier molecular flexibility index (Phi) is 6.83. The van der Waals surface area contributed by atoms with Gasteiger partial charge in [0.25, 0.3) is 0 Å². The summed E-state index contributed by atoms with van der Waals surface area (Å²) < 4.78 is 32.2. The van der Waals surface area contributed by atoms with Gasteiger partial charge in [0, 0.05) is 37.7 Å². The van der Waals surface area contributed by atoms with Crippen LogP contribution in [-0.2, 0) is 9.47 Å². The lowest BCUT2D eigenvalue weighted by Gasteiger charge is -2.61. The standard InChI is InChI=1S/C29H33FN4O4/c1-18(36-5)20-8-6-7-9-21(20)22-12-19(30)10-11-23(22)37-24-13-31-17-33-25(24)26-29(14-32-15-29)16-34(26)27(35)38-28(2,3)4/h6-13,17-18,26,32H,14-16H2,1-5H3. The molecule has 2 aliphatic heterocycles. The summed E-state index contributed by atoms with van der Waals surface area (Å²) in [7, 11) is 1.64. The predicted molar refractivity (Wildman–Crippen MR) is 140 cm³/mol. The predicted octanol–water partition coefficient (Wildman–Crippen LogP) is 5.66. The van der Waals surface area contributed by atoms with Gasteiger partial charge in [-0.1, -0.05) is 24.3 Å². The Bertz CT molecular complexity index is 1340. The van der Waals surface area contributed by atoms with Crippen molar-refractivity contribution in [3.63, 3.8) is 0 Å². The molecule has 2 aliphatic rings. The number of hydrogen-bond acceptors (Lipinski definition) is 7. The number of carbonyl (C=O) groups is 1. The number of methoxy groups -OCH3 is 1. The molecular weight excluding hydrogens is 487 g/mol. The first-order chi connectivity index (χ1) is 18.1. The number of amides is 1. The van der Waals surface area contributed by atoms with Crippen LogP contribution in [0.3, 0.4) is 0 Å². The van der Waals surface area contributed by atoms with Crippen LogP contribution in [0.1, 0.15) is 51.1 Å². The number of halogens is 1. The van der Waals surface area contributed by atoms with E-state index in [-0.39, 0.29) is 23.4 Å². The Labute approximate surface area is 222 Å². The normalized spacial score (nSPS) is 18.9. The van der Waals surface area contributed by atoms with Crippen LogP contribution in [-0.4, -0.2) is 53.3 Å². The summed E-state index contributed by atoms with van der Waals surface area (Å²) in [6.07, 6.45) is 2.44. The molecule has 1 N–H and O–H groups in total. The SMILES string of the molecule is COC(C)c1ccccc1-c1cc(F)ccc1Oc1cncnc1C1N(C(=O)OC(C)(C)C)CC12CNC2. The molecule has 2 aromatic carbocycles. The minimum Gasteiger partial charge on any atom is -0.453 e. The van der Waals surface area contributed by atoms with E-state index in [1.807, 2.05) is 52.0 Å². The first-order valence-corrected chi connectivity index (χ1v) is 12.7. The molecule has 1 amide bonds. The van der Waals surface area contributed by atoms with E-state index in [0.717, 1.165) is 24.2 Å². The van der Waals surface area contributed by atoms with Crippen LogP contribution in [0, 0.1) is 11.2 Å². The van der Waals surface area contributed by atoms with E-state index in [4.69, 9.17) is 14.2 Å². The minimum atomic E-state index is -0.622. The summed E-state index contributed by atoms with van der Waals surface area (Å²) in [6.45, 7) is 9.55. The number of carbonyl (C=O) groups excluding carboxylic acids is 1. The van der Waals surface area contributed by atoms with Crippen LogP contribution in [0.4, 0.5) is 9.18 Å². The number of likely N-dealkylation sites (tertiary alicyclic amines) is 1. The Morgan fingerprint density at radius 3 is 2.61 bits per heavy atom. The fourth-order valence-electron chi connectivity index (χ4n) is 5.17. The molecule has 3 heterocycles. The van der Waals surface area contributed by atoms with Crippen molar-refractivity contribution in [3.05, 3.63) is 72.1 Å². The average Bonchev–Trinajstić information content (AvgIpc) is 2.83. The van der Waals surface area contributed by atoms with Crippen LogP contribution in [0.5, 0.6) is 11.5 Å². The second-order valence-corrected chi connectivity index (χ2v) is 11.0. The molecule has 0 saturated carbocycles. The fraction of sp³-hybridized carbons (Fsp3) is 0.414. The Hall–Kier alpha value is -3.56. The van der Waals surface area contributed by atoms with Crippen molar-refractivity contribution in [1.82, 2.24) is 20.2 Å². The van der Waals surface area contributed by atoms with E-state index in [0.29, 0.717) is 29.3 Å². The summed E-state index contributed by atoms with van der Waals surface area (Å²) >= 11 is 0. The maximum Gasteiger partial charge on any atom is 0.410 e. The summed E-state index contributed by atoms with van der Waals surface area (Å²) in [5.41, 5.74) is 2.10. The van der Waals surface area contributed by atoms with Crippen molar-refractivity contribution in [2.75, 3.05) is 26.7 Å². The van der Waals surface area contributed by atoms with Gasteiger partial charge in [0.05, 0.1) is 18.3 Å². The van der Waals surface area contributed by atoms with Gasteiger partial charge in [-0.05, 0) is 57.0 Å². The van der Waals surface area contributed by atoms with Gasteiger partial charge in [-0.2, -0.15) is 0 Å². The number of ether oxygens (including phenoxy) is 3. The van der Waals surface area contributed by atoms with Crippen molar-refractivity contribution in [2.45, 2.75) is 45.4 Å². The van der Waals surface area contributed by atoms with Crippen LogP contribution >= 0.6 is 0 Å². The molecule has 2 saturated heterocycles. The number of rotatable bonds is 6. The van der Waals surface area contributed by atoms with E-state index in [1.54, 1.807) is 24.3 Å². The molecule has 200 valence electrons. The molecule has 9 heteroatoms. The van der Waals surface area contributed by atoms with E-state index in [1.165, 1.54) is 18.5 Å². The third-order valence-electron chi connectivity index (χ3n) is 7.13. The Morgan fingerprint density at radius 1 is 1.16 bits per heavy atom. The molecule has 0 aliphatic carbocycles. The van der Waals surface area contributed by atoms with E-state index in [9.17, 15) is 9.18 Å². The van der Waals surface area contributed by atoms with E-state index >= 15 is 0 Å². The molecule has 2 fully saturated rings. The molecule has 2 unspecified atom stereocenters. The van der Waals surface area contributed by atoms with Gasteiger partial charge in [-0.15, -0.1) is 0 Å². The van der Waals surface area contributed by atoms with Crippen molar-refractivity contribution in [3.8, 4) is 22.6 Å². The molecule has 5 rings (SSSR count). The minimum absolute atomic E-state index is 0.157. The number of nitrogens with zero attached hydrogens (tertiary/aromatic N) is 3. The highest BCUT2D eigenvalue weighted by atomic mass is 19.1. The molecule has 0 radical (unpaired) electrons. The topological polar surface area (TPSA) is 85.8 Å². The third kappa shape index (κ3) is 4.83. The van der Waals surface area contributed by atoms with Gasteiger partial charge in [-0.3, -0.25) is 4.90 Å². The lowest BCUT2D eigenvalue weighted by atomic mass is 9.65. The summed E-state index contributed by atoms with van der Waals surface area (Å²) in [5.74, 6) is 0.468. The van der Waals surface area contributed by atoms with Crippen molar-refractivity contribution in [2.24, 2.45) is 5.41 Å². The van der Waals surface area contributed by atoms with Crippen molar-refractivity contribution in [1.29, 1.82) is 0 Å². The molecule has 1 spiro atoms. The molecule has 1 aromatic heterocycles. The lowest BCUT2D eigenvalue weighted by molar-refractivity contribution is -0.110. The Balaban J connectivity index is 1.53. The largest absolute Gasteiger partial charge is 0.453 e. The number of benzene rings is 2. The zero-order valence-electron chi connectivity index (χ0n) is 22.3. The molecule has 8 nitrogen and oxygen atoms in total. The highest BCUT2D eigenvalue weighted by molar-refractivity contribution is 5.74. The first-order valence-electron chi connectivity index (χ1n) is 12.7. The number of nitrogens with one attached hydrogen (secondary N) is 1. The Morgan fingerprint density at radius 2 is 1.92 bits per heavy atom. The quantitative estimate of drug-likeness (QED) is 0.449. The van der Waals surface area contributed by atoms with Gasteiger partial charge < -0.3 is 19.5 Å². The van der Waals surface area contributed by atoms with E-state index < -0.39 is 11.7 Å². The first kappa shape index (κ1) is 26.1. The highest BCUT2D eigenvalue weighted by Gasteiger charge is 2.60.